The standard InChI is InChI=1S/C15H18ClN3S/c1-3-10-11(9-17)15(19-18-13(10)4-2)20-14-8-6-5-7-12(14)16/h5-8H,3-4,9,17H2,1-2H3. The Morgan fingerprint density at radius 2 is 1.85 bits per heavy atom. The molecule has 3 nitrogen and oxygen atoms in total. The molecule has 0 amide bonds. The molecule has 5 heteroatoms. The Morgan fingerprint density at radius 1 is 1.10 bits per heavy atom. The largest absolute Gasteiger partial charge is 0.326 e. The van der Waals surface area contributed by atoms with Crippen molar-refractivity contribution in [1.29, 1.82) is 0 Å². The van der Waals surface area contributed by atoms with Gasteiger partial charge in [0.2, 0.25) is 0 Å². The van der Waals surface area contributed by atoms with Gasteiger partial charge in [0.25, 0.3) is 0 Å². The fraction of sp³-hybridized carbons (Fsp3) is 0.333. The predicted molar refractivity (Wildman–Crippen MR) is 84.3 cm³/mol. The van der Waals surface area contributed by atoms with E-state index >= 15 is 0 Å². The van der Waals surface area contributed by atoms with Crippen LogP contribution in [-0.2, 0) is 19.4 Å². The monoisotopic (exact) mass is 307 g/mol. The number of nitrogens with zero attached hydrogens (tertiary/aromatic N) is 2. The lowest BCUT2D eigenvalue weighted by molar-refractivity contribution is 0.782. The van der Waals surface area contributed by atoms with Crippen molar-refractivity contribution in [3.8, 4) is 0 Å². The zero-order valence-electron chi connectivity index (χ0n) is 11.7. The maximum Gasteiger partial charge on any atom is 0.128 e. The molecule has 2 aromatic rings. The summed E-state index contributed by atoms with van der Waals surface area (Å²) in [6.45, 7) is 4.68. The third-order valence-electron chi connectivity index (χ3n) is 3.17. The van der Waals surface area contributed by atoms with Crippen molar-refractivity contribution in [1.82, 2.24) is 10.2 Å². The Bertz CT molecular complexity index is 602. The van der Waals surface area contributed by atoms with E-state index in [1.165, 1.54) is 17.3 Å². The maximum absolute atomic E-state index is 6.20. The first kappa shape index (κ1) is 15.3. The summed E-state index contributed by atoms with van der Waals surface area (Å²) in [6.07, 6.45) is 1.79. The second kappa shape index (κ2) is 7.07. The van der Waals surface area contributed by atoms with Gasteiger partial charge < -0.3 is 5.73 Å². The fourth-order valence-corrected chi connectivity index (χ4v) is 3.34. The number of hydrogen-bond donors (Lipinski definition) is 1. The van der Waals surface area contributed by atoms with Gasteiger partial charge in [-0.3, -0.25) is 0 Å². The fourth-order valence-electron chi connectivity index (χ4n) is 2.16. The van der Waals surface area contributed by atoms with Crippen molar-refractivity contribution in [2.45, 2.75) is 43.2 Å². The van der Waals surface area contributed by atoms with Gasteiger partial charge in [0.15, 0.2) is 0 Å². The summed E-state index contributed by atoms with van der Waals surface area (Å²) in [7, 11) is 0. The van der Waals surface area contributed by atoms with Crippen LogP contribution in [0.4, 0.5) is 0 Å². The van der Waals surface area contributed by atoms with Gasteiger partial charge >= 0.3 is 0 Å². The molecule has 0 saturated heterocycles. The number of nitrogens with two attached hydrogens (primary N) is 1. The first-order valence-corrected chi connectivity index (χ1v) is 7.90. The molecule has 0 unspecified atom stereocenters. The highest BCUT2D eigenvalue weighted by Gasteiger charge is 2.15. The average Bonchev–Trinajstić information content (AvgIpc) is 2.48. The van der Waals surface area contributed by atoms with Gasteiger partial charge in [-0.25, -0.2) is 0 Å². The van der Waals surface area contributed by atoms with E-state index in [-0.39, 0.29) is 0 Å². The van der Waals surface area contributed by atoms with Crippen molar-refractivity contribution in [2.75, 3.05) is 0 Å². The molecule has 2 N–H and O–H groups in total. The van der Waals surface area contributed by atoms with Gasteiger partial charge in [0.05, 0.1) is 10.7 Å². The Kier molecular flexibility index (Phi) is 5.40. The van der Waals surface area contributed by atoms with E-state index in [9.17, 15) is 0 Å². The molecule has 0 spiro atoms. The molecule has 0 aliphatic heterocycles. The molecule has 20 heavy (non-hydrogen) atoms. The highest BCUT2D eigenvalue weighted by Crippen LogP contribution is 2.34. The smallest absolute Gasteiger partial charge is 0.128 e. The highest BCUT2D eigenvalue weighted by atomic mass is 35.5. The summed E-state index contributed by atoms with van der Waals surface area (Å²) < 4.78 is 0. The number of hydrogen-bond acceptors (Lipinski definition) is 4. The molecule has 106 valence electrons. The number of halogens is 1. The van der Waals surface area contributed by atoms with Crippen LogP contribution in [0.25, 0.3) is 0 Å². The molecular formula is C15H18ClN3S. The predicted octanol–water partition coefficient (Wildman–Crippen LogP) is 3.86. The van der Waals surface area contributed by atoms with Gasteiger partial charge in [0.1, 0.15) is 5.03 Å². The molecule has 0 atom stereocenters. The van der Waals surface area contributed by atoms with Crippen LogP contribution in [0.1, 0.15) is 30.7 Å². The number of benzene rings is 1. The lowest BCUT2D eigenvalue weighted by Crippen LogP contribution is -2.10. The van der Waals surface area contributed by atoms with Crippen LogP contribution in [0.3, 0.4) is 0 Å². The molecule has 2 rings (SSSR count). The lowest BCUT2D eigenvalue weighted by atomic mass is 10.0. The minimum Gasteiger partial charge on any atom is -0.326 e. The van der Waals surface area contributed by atoms with Crippen LogP contribution in [0.5, 0.6) is 0 Å². The minimum atomic E-state index is 0.471. The molecule has 1 aromatic carbocycles. The van der Waals surface area contributed by atoms with Crippen LogP contribution >= 0.6 is 23.4 Å². The minimum absolute atomic E-state index is 0.471. The molecule has 1 heterocycles. The normalized spacial score (nSPS) is 10.8. The second-order valence-corrected chi connectivity index (χ2v) is 5.79. The van der Waals surface area contributed by atoms with Crippen LogP contribution < -0.4 is 5.73 Å². The Balaban J connectivity index is 2.44. The maximum atomic E-state index is 6.20. The Hall–Kier alpha value is -1.10. The summed E-state index contributed by atoms with van der Waals surface area (Å²) in [6, 6.07) is 7.74. The summed E-state index contributed by atoms with van der Waals surface area (Å²) in [4.78, 5) is 0.976. The third-order valence-corrected chi connectivity index (χ3v) is 4.71. The van der Waals surface area contributed by atoms with Crippen LogP contribution in [0, 0.1) is 0 Å². The van der Waals surface area contributed by atoms with E-state index in [2.05, 4.69) is 24.0 Å². The van der Waals surface area contributed by atoms with Gasteiger partial charge in [-0.15, -0.1) is 5.10 Å². The van der Waals surface area contributed by atoms with Gasteiger partial charge in [-0.05, 0) is 30.5 Å². The van der Waals surface area contributed by atoms with E-state index in [4.69, 9.17) is 17.3 Å². The molecule has 1 aromatic heterocycles. The zero-order chi connectivity index (χ0) is 14.5. The zero-order valence-corrected chi connectivity index (χ0v) is 13.3. The van der Waals surface area contributed by atoms with Gasteiger partial charge in [0, 0.05) is 17.0 Å². The van der Waals surface area contributed by atoms with Crippen molar-refractivity contribution in [3.63, 3.8) is 0 Å². The van der Waals surface area contributed by atoms with Crippen molar-refractivity contribution >= 4 is 23.4 Å². The summed E-state index contributed by atoms with van der Waals surface area (Å²) in [5, 5.41) is 10.3. The lowest BCUT2D eigenvalue weighted by Gasteiger charge is -2.14. The summed E-state index contributed by atoms with van der Waals surface area (Å²) >= 11 is 7.73. The quantitative estimate of drug-likeness (QED) is 0.911. The van der Waals surface area contributed by atoms with Crippen LogP contribution in [0.15, 0.2) is 34.2 Å². The van der Waals surface area contributed by atoms with Crippen LogP contribution in [0.2, 0.25) is 5.02 Å². The molecule has 0 saturated carbocycles. The van der Waals surface area contributed by atoms with Gasteiger partial charge in [-0.1, -0.05) is 49.3 Å². The van der Waals surface area contributed by atoms with E-state index in [1.807, 2.05) is 24.3 Å². The molecule has 0 aliphatic rings. The molecular weight excluding hydrogens is 290 g/mol. The number of aromatic nitrogens is 2. The van der Waals surface area contributed by atoms with E-state index in [0.717, 1.165) is 39.0 Å². The van der Waals surface area contributed by atoms with Gasteiger partial charge in [-0.2, -0.15) is 5.10 Å². The van der Waals surface area contributed by atoms with E-state index in [1.54, 1.807) is 0 Å². The van der Waals surface area contributed by atoms with Crippen molar-refractivity contribution in [3.05, 3.63) is 46.1 Å². The first-order valence-electron chi connectivity index (χ1n) is 6.70. The number of aryl methyl sites for hydroxylation is 1. The summed E-state index contributed by atoms with van der Waals surface area (Å²) in [5.41, 5.74) is 9.28. The topological polar surface area (TPSA) is 51.8 Å². The second-order valence-electron chi connectivity index (χ2n) is 4.35. The van der Waals surface area contributed by atoms with Crippen molar-refractivity contribution < 1.29 is 0 Å². The average molecular weight is 308 g/mol. The third kappa shape index (κ3) is 3.14. The van der Waals surface area contributed by atoms with E-state index in [0.29, 0.717) is 6.54 Å². The SMILES string of the molecule is CCc1nnc(Sc2ccccc2Cl)c(CN)c1CC. The Morgan fingerprint density at radius 3 is 2.45 bits per heavy atom. The summed E-state index contributed by atoms with van der Waals surface area (Å²) in [5.74, 6) is 0. The molecule has 0 fully saturated rings. The van der Waals surface area contributed by atoms with Crippen molar-refractivity contribution in [2.24, 2.45) is 5.73 Å². The molecule has 0 radical (unpaired) electrons. The van der Waals surface area contributed by atoms with E-state index < -0.39 is 0 Å². The first-order chi connectivity index (χ1) is 9.71. The molecule has 0 bridgehead atoms. The Labute approximate surface area is 128 Å². The van der Waals surface area contributed by atoms with Crippen LogP contribution in [-0.4, -0.2) is 10.2 Å². The number of rotatable bonds is 5. The highest BCUT2D eigenvalue weighted by molar-refractivity contribution is 7.99. The molecule has 0 aliphatic carbocycles.